The highest BCUT2D eigenvalue weighted by atomic mass is 16.5. The Morgan fingerprint density at radius 3 is 3.08 bits per heavy atom. The van der Waals surface area contributed by atoms with E-state index in [1.54, 1.807) is 12.1 Å². The molecule has 0 saturated heterocycles. The topological polar surface area (TPSA) is 54.0 Å². The molecule has 0 unspecified atom stereocenters. The predicted molar refractivity (Wildman–Crippen MR) is 39.2 cm³/mol. The average molecular weight is 163 g/mol. The summed E-state index contributed by atoms with van der Waals surface area (Å²) in [6, 6.07) is 5.13. The van der Waals surface area contributed by atoms with Crippen molar-refractivity contribution in [2.45, 2.75) is 0 Å². The van der Waals surface area contributed by atoms with E-state index in [-0.39, 0.29) is 0 Å². The first kappa shape index (κ1) is 8.21. The molecule has 1 aromatic heterocycles. The van der Waals surface area contributed by atoms with Gasteiger partial charge in [0, 0.05) is 6.07 Å². The largest absolute Gasteiger partial charge is 0.601 e. The van der Waals surface area contributed by atoms with Crippen molar-refractivity contribution in [2.24, 2.45) is 0 Å². The second-order valence-corrected chi connectivity index (χ2v) is 2.08. The fourth-order valence-corrected chi connectivity index (χ4v) is 0.760. The summed E-state index contributed by atoms with van der Waals surface area (Å²) in [7, 11) is 1.29. The van der Waals surface area contributed by atoms with Crippen molar-refractivity contribution in [1.82, 2.24) is 0 Å². The van der Waals surface area contributed by atoms with Gasteiger partial charge in [-0.05, 0) is 6.07 Å². The number of hydrogen-bond donors (Lipinski definition) is 0. The van der Waals surface area contributed by atoms with Crippen LogP contribution < -0.4 is 4.57 Å². The Kier molecular flexibility index (Phi) is 2.38. The highest BCUT2D eigenvalue weighted by molar-refractivity contribution is 5.56. The maximum atomic E-state index is 10.9. The summed E-state index contributed by atoms with van der Waals surface area (Å²) >= 11 is 0. The summed E-state index contributed by atoms with van der Waals surface area (Å²) in [4.78, 5) is 10.9. The van der Waals surface area contributed by atoms with E-state index in [1.165, 1.54) is 24.1 Å². The molecular formula is C8H7N2O2+. The Morgan fingerprint density at radius 2 is 2.50 bits per heavy atom. The van der Waals surface area contributed by atoms with Crippen LogP contribution in [-0.4, -0.2) is 13.2 Å². The number of pyridine rings is 1. The van der Waals surface area contributed by atoms with E-state index < -0.39 is 6.09 Å². The van der Waals surface area contributed by atoms with E-state index in [9.17, 15) is 4.79 Å². The standard InChI is InChI=1S/C8H7N2O2/c1-12-8(11)10-4-2-3-7(5-9)6-10/h2-4,6H,1H3/q+1. The fraction of sp³-hybridized carbons (Fsp3) is 0.125. The van der Waals surface area contributed by atoms with Crippen LogP contribution in [0.2, 0.25) is 0 Å². The molecular weight excluding hydrogens is 156 g/mol. The van der Waals surface area contributed by atoms with Gasteiger partial charge in [-0.25, -0.2) is 0 Å². The number of aromatic nitrogens is 1. The lowest BCUT2D eigenvalue weighted by atomic mass is 10.3. The number of hydrogen-bond acceptors (Lipinski definition) is 3. The van der Waals surface area contributed by atoms with E-state index in [0.29, 0.717) is 5.56 Å². The zero-order valence-electron chi connectivity index (χ0n) is 6.52. The molecule has 0 aliphatic rings. The van der Waals surface area contributed by atoms with Crippen LogP contribution in [0.1, 0.15) is 5.56 Å². The van der Waals surface area contributed by atoms with Crippen LogP contribution in [0.3, 0.4) is 0 Å². The zero-order valence-corrected chi connectivity index (χ0v) is 6.52. The minimum absolute atomic E-state index is 0.419. The summed E-state index contributed by atoms with van der Waals surface area (Å²) in [6.45, 7) is 0. The van der Waals surface area contributed by atoms with Crippen LogP contribution in [0.25, 0.3) is 0 Å². The number of nitriles is 1. The first-order valence-electron chi connectivity index (χ1n) is 3.27. The summed E-state index contributed by atoms with van der Waals surface area (Å²) in [5, 5.41) is 8.50. The van der Waals surface area contributed by atoms with Crippen molar-refractivity contribution in [3.63, 3.8) is 0 Å². The van der Waals surface area contributed by atoms with E-state index >= 15 is 0 Å². The van der Waals surface area contributed by atoms with E-state index in [1.807, 2.05) is 6.07 Å². The third kappa shape index (κ3) is 1.58. The van der Waals surface area contributed by atoms with Gasteiger partial charge in [-0.3, -0.25) is 0 Å². The summed E-state index contributed by atoms with van der Waals surface area (Å²) in [5.41, 5.74) is 0.419. The van der Waals surface area contributed by atoms with Crippen molar-refractivity contribution in [1.29, 1.82) is 5.26 Å². The van der Waals surface area contributed by atoms with Gasteiger partial charge in [-0.1, -0.05) is 4.57 Å². The molecule has 4 nitrogen and oxygen atoms in total. The van der Waals surface area contributed by atoms with Gasteiger partial charge in [0.15, 0.2) is 12.4 Å². The van der Waals surface area contributed by atoms with E-state index in [4.69, 9.17) is 5.26 Å². The van der Waals surface area contributed by atoms with Crippen LogP contribution in [0.5, 0.6) is 0 Å². The van der Waals surface area contributed by atoms with Gasteiger partial charge < -0.3 is 4.74 Å². The van der Waals surface area contributed by atoms with Crippen LogP contribution in [-0.2, 0) is 4.74 Å². The lowest BCUT2D eigenvalue weighted by Gasteiger charge is -1.90. The Morgan fingerprint density at radius 1 is 1.75 bits per heavy atom. The number of carbonyl (C=O) groups excluding carboxylic acids is 1. The maximum absolute atomic E-state index is 10.9. The lowest BCUT2D eigenvalue weighted by Crippen LogP contribution is -2.42. The van der Waals surface area contributed by atoms with Crippen molar-refractivity contribution in [3.05, 3.63) is 30.1 Å². The SMILES string of the molecule is COC(=O)[n+]1cccc(C#N)c1. The number of methoxy groups -OCH3 is 1. The molecule has 0 radical (unpaired) electrons. The Labute approximate surface area is 69.6 Å². The quantitative estimate of drug-likeness (QED) is 0.522. The molecule has 60 valence electrons. The minimum atomic E-state index is -0.507. The van der Waals surface area contributed by atoms with Gasteiger partial charge in [0.2, 0.25) is 0 Å². The predicted octanol–water partition coefficient (Wildman–Crippen LogP) is 0.460. The third-order valence-electron chi connectivity index (χ3n) is 1.32. The third-order valence-corrected chi connectivity index (χ3v) is 1.32. The Balaban J connectivity index is 3.04. The van der Waals surface area contributed by atoms with Gasteiger partial charge in [0.05, 0.1) is 7.11 Å². The second kappa shape index (κ2) is 3.49. The fourth-order valence-electron chi connectivity index (χ4n) is 0.760. The van der Waals surface area contributed by atoms with Crippen LogP contribution in [0.15, 0.2) is 24.5 Å². The van der Waals surface area contributed by atoms with Gasteiger partial charge in [0.1, 0.15) is 11.6 Å². The molecule has 0 aliphatic carbocycles. The molecule has 0 N–H and O–H groups in total. The Hall–Kier alpha value is -1.89. The first-order chi connectivity index (χ1) is 5.77. The first-order valence-corrected chi connectivity index (χ1v) is 3.27. The molecule has 1 heterocycles. The Bertz CT molecular complexity index is 341. The zero-order chi connectivity index (χ0) is 8.97. The molecule has 0 aromatic carbocycles. The molecule has 0 amide bonds. The number of ether oxygens (including phenoxy) is 1. The highest BCUT2D eigenvalue weighted by Gasteiger charge is 2.13. The van der Waals surface area contributed by atoms with Gasteiger partial charge in [0.25, 0.3) is 0 Å². The number of nitrogens with zero attached hydrogens (tertiary/aromatic N) is 2. The number of rotatable bonds is 0. The van der Waals surface area contributed by atoms with Crippen molar-refractivity contribution in [3.8, 4) is 6.07 Å². The van der Waals surface area contributed by atoms with E-state index in [0.717, 1.165) is 0 Å². The van der Waals surface area contributed by atoms with Gasteiger partial charge >= 0.3 is 6.09 Å². The van der Waals surface area contributed by atoms with Crippen molar-refractivity contribution >= 4 is 6.09 Å². The maximum Gasteiger partial charge on any atom is 0.601 e. The normalized spacial score (nSPS) is 8.67. The van der Waals surface area contributed by atoms with Crippen LogP contribution in [0, 0.1) is 11.3 Å². The highest BCUT2D eigenvalue weighted by Crippen LogP contribution is 1.89. The monoisotopic (exact) mass is 163 g/mol. The van der Waals surface area contributed by atoms with Gasteiger partial charge in [-0.15, -0.1) is 0 Å². The van der Waals surface area contributed by atoms with E-state index in [2.05, 4.69) is 4.74 Å². The molecule has 0 aliphatic heterocycles. The molecule has 0 atom stereocenters. The summed E-state index contributed by atoms with van der Waals surface area (Å²) in [6.07, 6.45) is 2.42. The molecule has 12 heavy (non-hydrogen) atoms. The van der Waals surface area contributed by atoms with Crippen LogP contribution >= 0.6 is 0 Å². The smallest absolute Gasteiger partial charge is 0.415 e. The summed E-state index contributed by atoms with van der Waals surface area (Å²) < 4.78 is 5.66. The average Bonchev–Trinajstić information content (AvgIpc) is 2.17. The molecule has 0 fully saturated rings. The van der Waals surface area contributed by atoms with Crippen molar-refractivity contribution < 1.29 is 14.1 Å². The van der Waals surface area contributed by atoms with Crippen molar-refractivity contribution in [2.75, 3.05) is 7.11 Å². The molecule has 0 spiro atoms. The summed E-state index contributed by atoms with van der Waals surface area (Å²) in [5.74, 6) is 0. The molecule has 0 bridgehead atoms. The van der Waals surface area contributed by atoms with Gasteiger partial charge in [-0.2, -0.15) is 10.1 Å². The molecule has 1 aromatic rings. The second-order valence-electron chi connectivity index (χ2n) is 2.08. The molecule has 1 rings (SSSR count). The minimum Gasteiger partial charge on any atom is -0.415 e. The molecule has 0 saturated carbocycles. The lowest BCUT2D eigenvalue weighted by molar-refractivity contribution is -0.585. The number of carbonyl (C=O) groups is 1. The molecule has 4 heteroatoms. The van der Waals surface area contributed by atoms with Crippen LogP contribution in [0.4, 0.5) is 4.79 Å².